The van der Waals surface area contributed by atoms with E-state index in [1.165, 1.54) is 0 Å². The predicted octanol–water partition coefficient (Wildman–Crippen LogP) is 3.28. The van der Waals surface area contributed by atoms with Crippen LogP contribution in [0, 0.1) is 12.8 Å². The van der Waals surface area contributed by atoms with E-state index in [2.05, 4.69) is 14.9 Å². The fraction of sp³-hybridized carbons (Fsp3) is 0.381. The van der Waals surface area contributed by atoms with Crippen LogP contribution in [0.25, 0.3) is 0 Å². The molecule has 2 N–H and O–H groups in total. The molecule has 0 spiro atoms. The molecule has 2 aromatic carbocycles. The summed E-state index contributed by atoms with van der Waals surface area (Å²) in [5.41, 5.74) is 1.72. The Hall–Kier alpha value is -1.93. The highest BCUT2D eigenvalue weighted by Gasteiger charge is 2.23. The van der Waals surface area contributed by atoms with Gasteiger partial charge in [0.05, 0.1) is 11.4 Å². The quantitative estimate of drug-likeness (QED) is 0.699. The lowest BCUT2D eigenvalue weighted by Crippen LogP contribution is -2.43. The van der Waals surface area contributed by atoms with E-state index in [1.54, 1.807) is 48.5 Å². The molecule has 1 atom stereocenters. The lowest BCUT2D eigenvalue weighted by atomic mass is 9.98. The average Bonchev–Trinajstić information content (AvgIpc) is 2.69. The summed E-state index contributed by atoms with van der Waals surface area (Å²) in [7, 11) is -3.52. The Labute approximate surface area is 177 Å². The van der Waals surface area contributed by atoms with Gasteiger partial charge in [-0.05, 0) is 68.6 Å². The first kappa shape index (κ1) is 21.8. The highest BCUT2D eigenvalue weighted by atomic mass is 35.5. The van der Waals surface area contributed by atoms with E-state index < -0.39 is 10.0 Å². The number of benzene rings is 2. The molecule has 0 radical (unpaired) electrons. The summed E-state index contributed by atoms with van der Waals surface area (Å²) < 4.78 is 27.7. The molecule has 0 aromatic heterocycles. The molecule has 1 aliphatic rings. The van der Waals surface area contributed by atoms with Gasteiger partial charge in [0, 0.05) is 23.8 Å². The number of piperidine rings is 1. The van der Waals surface area contributed by atoms with E-state index in [0.717, 1.165) is 24.9 Å². The van der Waals surface area contributed by atoms with Crippen molar-refractivity contribution in [1.29, 1.82) is 0 Å². The predicted molar refractivity (Wildman–Crippen MR) is 116 cm³/mol. The van der Waals surface area contributed by atoms with Crippen molar-refractivity contribution >= 4 is 33.2 Å². The van der Waals surface area contributed by atoms with Gasteiger partial charge in [-0.1, -0.05) is 29.3 Å². The number of carbonyl (C=O) groups is 1. The van der Waals surface area contributed by atoms with E-state index in [0.29, 0.717) is 23.8 Å². The fourth-order valence-corrected chi connectivity index (χ4v) is 4.67. The van der Waals surface area contributed by atoms with Crippen molar-refractivity contribution < 1.29 is 13.2 Å². The van der Waals surface area contributed by atoms with Gasteiger partial charge >= 0.3 is 0 Å². The summed E-state index contributed by atoms with van der Waals surface area (Å²) in [6.07, 6.45) is 1.87. The standard InChI is InChI=1S/C21H26ClN3O3S/c1-16-4-10-20(11-5-16)29(27,28)23-13-17-3-2-12-25(14-17)15-21(26)24-19-8-6-18(22)7-9-19/h4-11,17,23H,2-3,12-15H2,1H3,(H,24,26). The zero-order chi connectivity index (χ0) is 20.9. The van der Waals surface area contributed by atoms with Crippen LogP contribution in [-0.4, -0.2) is 45.4 Å². The van der Waals surface area contributed by atoms with E-state index >= 15 is 0 Å². The van der Waals surface area contributed by atoms with Gasteiger partial charge in [0.1, 0.15) is 0 Å². The Bertz CT molecular complexity index is 931. The van der Waals surface area contributed by atoms with Crippen LogP contribution in [0.5, 0.6) is 0 Å². The molecule has 1 aliphatic heterocycles. The van der Waals surface area contributed by atoms with Crippen molar-refractivity contribution in [3.8, 4) is 0 Å². The number of sulfonamides is 1. The second-order valence-electron chi connectivity index (χ2n) is 7.46. The normalized spacial score (nSPS) is 17.8. The molecule has 8 heteroatoms. The van der Waals surface area contributed by atoms with Crippen LogP contribution >= 0.6 is 11.6 Å². The molecule has 1 fully saturated rings. The molecule has 3 rings (SSSR count). The highest BCUT2D eigenvalue weighted by Crippen LogP contribution is 2.18. The van der Waals surface area contributed by atoms with Crippen molar-refractivity contribution in [2.75, 3.05) is 31.5 Å². The summed E-state index contributed by atoms with van der Waals surface area (Å²) in [6.45, 7) is 4.08. The summed E-state index contributed by atoms with van der Waals surface area (Å²) in [4.78, 5) is 14.6. The molecule has 29 heavy (non-hydrogen) atoms. The number of nitrogens with one attached hydrogen (secondary N) is 2. The molecule has 2 aromatic rings. The maximum Gasteiger partial charge on any atom is 0.240 e. The zero-order valence-corrected chi connectivity index (χ0v) is 18.0. The molecule has 0 saturated carbocycles. The molecule has 6 nitrogen and oxygen atoms in total. The van der Waals surface area contributed by atoms with Crippen LogP contribution in [0.1, 0.15) is 18.4 Å². The van der Waals surface area contributed by atoms with Crippen molar-refractivity contribution in [2.24, 2.45) is 5.92 Å². The van der Waals surface area contributed by atoms with Crippen LogP contribution in [0.15, 0.2) is 53.4 Å². The van der Waals surface area contributed by atoms with E-state index in [9.17, 15) is 13.2 Å². The van der Waals surface area contributed by atoms with E-state index in [4.69, 9.17) is 11.6 Å². The molecule has 1 heterocycles. The Morgan fingerprint density at radius 1 is 1.14 bits per heavy atom. The summed E-state index contributed by atoms with van der Waals surface area (Å²) in [5, 5.41) is 3.48. The average molecular weight is 436 g/mol. The molecule has 0 aliphatic carbocycles. The number of amides is 1. The van der Waals surface area contributed by atoms with Crippen LogP contribution in [0.4, 0.5) is 5.69 Å². The second-order valence-corrected chi connectivity index (χ2v) is 9.67. The lowest BCUT2D eigenvalue weighted by Gasteiger charge is -2.32. The van der Waals surface area contributed by atoms with Gasteiger partial charge in [0.25, 0.3) is 0 Å². The number of nitrogens with zero attached hydrogens (tertiary/aromatic N) is 1. The Kier molecular flexibility index (Phi) is 7.29. The van der Waals surface area contributed by atoms with Crippen LogP contribution < -0.4 is 10.0 Å². The third-order valence-electron chi connectivity index (χ3n) is 4.99. The monoisotopic (exact) mass is 435 g/mol. The summed E-state index contributed by atoms with van der Waals surface area (Å²) in [5.74, 6) is 0.0838. The number of hydrogen-bond donors (Lipinski definition) is 2. The second kappa shape index (κ2) is 9.71. The molecule has 156 valence electrons. The Morgan fingerprint density at radius 3 is 2.52 bits per heavy atom. The number of rotatable bonds is 7. The molecule has 1 unspecified atom stereocenters. The molecular formula is C21H26ClN3O3S. The minimum Gasteiger partial charge on any atom is -0.325 e. The first-order valence-corrected chi connectivity index (χ1v) is 11.5. The number of hydrogen-bond acceptors (Lipinski definition) is 4. The smallest absolute Gasteiger partial charge is 0.240 e. The van der Waals surface area contributed by atoms with Crippen molar-refractivity contribution in [3.05, 3.63) is 59.1 Å². The number of anilines is 1. The number of carbonyl (C=O) groups excluding carboxylic acids is 1. The van der Waals surface area contributed by atoms with Crippen molar-refractivity contribution in [2.45, 2.75) is 24.7 Å². The zero-order valence-electron chi connectivity index (χ0n) is 16.4. The number of aryl methyl sites for hydroxylation is 1. The van der Waals surface area contributed by atoms with E-state index in [-0.39, 0.29) is 23.3 Å². The highest BCUT2D eigenvalue weighted by molar-refractivity contribution is 7.89. The third-order valence-corrected chi connectivity index (χ3v) is 6.68. The van der Waals surface area contributed by atoms with Gasteiger partial charge in [0.15, 0.2) is 0 Å². The largest absolute Gasteiger partial charge is 0.325 e. The third kappa shape index (κ3) is 6.54. The van der Waals surface area contributed by atoms with Crippen LogP contribution in [0.3, 0.4) is 0 Å². The van der Waals surface area contributed by atoms with Crippen LogP contribution in [-0.2, 0) is 14.8 Å². The summed E-state index contributed by atoms with van der Waals surface area (Å²) in [6, 6.07) is 13.8. The van der Waals surface area contributed by atoms with Gasteiger partial charge in [-0.25, -0.2) is 13.1 Å². The van der Waals surface area contributed by atoms with Gasteiger partial charge in [0.2, 0.25) is 15.9 Å². The van der Waals surface area contributed by atoms with E-state index in [1.807, 2.05) is 6.92 Å². The lowest BCUT2D eigenvalue weighted by molar-refractivity contribution is -0.117. The van der Waals surface area contributed by atoms with Gasteiger partial charge in [-0.3, -0.25) is 9.69 Å². The topological polar surface area (TPSA) is 78.5 Å². The van der Waals surface area contributed by atoms with Gasteiger partial charge < -0.3 is 5.32 Å². The maximum absolute atomic E-state index is 12.5. The summed E-state index contributed by atoms with van der Waals surface area (Å²) >= 11 is 5.86. The van der Waals surface area contributed by atoms with Gasteiger partial charge in [-0.2, -0.15) is 0 Å². The molecule has 1 amide bonds. The first-order chi connectivity index (χ1) is 13.8. The van der Waals surface area contributed by atoms with Crippen molar-refractivity contribution in [1.82, 2.24) is 9.62 Å². The van der Waals surface area contributed by atoms with Gasteiger partial charge in [-0.15, -0.1) is 0 Å². The minimum atomic E-state index is -3.52. The number of likely N-dealkylation sites (tertiary alicyclic amines) is 1. The maximum atomic E-state index is 12.5. The first-order valence-electron chi connectivity index (χ1n) is 9.66. The molecule has 0 bridgehead atoms. The Balaban J connectivity index is 1.49. The van der Waals surface area contributed by atoms with Crippen LogP contribution in [0.2, 0.25) is 5.02 Å². The minimum absolute atomic E-state index is 0.0896. The number of halogens is 1. The fourth-order valence-electron chi connectivity index (χ4n) is 3.43. The molecule has 1 saturated heterocycles. The SMILES string of the molecule is Cc1ccc(S(=O)(=O)NCC2CCCN(CC(=O)Nc3ccc(Cl)cc3)C2)cc1. The van der Waals surface area contributed by atoms with Crippen molar-refractivity contribution in [3.63, 3.8) is 0 Å². The Morgan fingerprint density at radius 2 is 1.83 bits per heavy atom. The molecular weight excluding hydrogens is 410 g/mol.